The van der Waals surface area contributed by atoms with Crippen LogP contribution in [0.1, 0.15) is 17.2 Å². The van der Waals surface area contributed by atoms with Crippen LogP contribution in [0.2, 0.25) is 0 Å². The fourth-order valence-corrected chi connectivity index (χ4v) is 1.98. The van der Waals surface area contributed by atoms with Gasteiger partial charge in [0, 0.05) is 13.2 Å². The molecule has 0 unspecified atom stereocenters. The van der Waals surface area contributed by atoms with Crippen LogP contribution < -0.4 is 0 Å². The smallest absolute Gasteiger partial charge is 0.101 e. The van der Waals surface area contributed by atoms with Crippen LogP contribution in [0.25, 0.3) is 0 Å². The van der Waals surface area contributed by atoms with E-state index < -0.39 is 0 Å². The molecule has 1 aliphatic rings. The summed E-state index contributed by atoms with van der Waals surface area (Å²) in [5, 5.41) is 8.82. The lowest BCUT2D eigenvalue weighted by Gasteiger charge is -2.28. The van der Waals surface area contributed by atoms with Gasteiger partial charge in [0.05, 0.1) is 11.6 Å². The number of likely N-dealkylation sites (N-methyl/N-ethyl adjacent to an activating group) is 1. The number of hydrogen-bond acceptors (Lipinski definition) is 2. The first-order valence-corrected chi connectivity index (χ1v) is 5.30. The van der Waals surface area contributed by atoms with Crippen molar-refractivity contribution in [2.24, 2.45) is 0 Å². The van der Waals surface area contributed by atoms with Crippen molar-refractivity contribution in [3.05, 3.63) is 59.3 Å². The van der Waals surface area contributed by atoms with Gasteiger partial charge in [-0.25, -0.2) is 0 Å². The number of nitriles is 1. The van der Waals surface area contributed by atoms with Gasteiger partial charge in [0.1, 0.15) is 6.07 Å². The van der Waals surface area contributed by atoms with E-state index in [2.05, 4.69) is 36.1 Å². The van der Waals surface area contributed by atoms with Gasteiger partial charge in [-0.3, -0.25) is 0 Å². The highest BCUT2D eigenvalue weighted by molar-refractivity contribution is 5.40. The molecule has 0 aliphatic carbocycles. The van der Waals surface area contributed by atoms with Crippen LogP contribution in [0.15, 0.2) is 48.2 Å². The van der Waals surface area contributed by atoms with Crippen molar-refractivity contribution in [1.29, 1.82) is 5.26 Å². The Hall–Kier alpha value is -2.01. The summed E-state index contributed by atoms with van der Waals surface area (Å²) in [7, 11) is 2.00. The van der Waals surface area contributed by atoms with Crippen molar-refractivity contribution in [2.45, 2.75) is 13.0 Å². The van der Waals surface area contributed by atoms with Crippen LogP contribution in [0.5, 0.6) is 0 Å². The molecule has 1 aromatic carbocycles. The second kappa shape index (κ2) is 4.24. The predicted molar refractivity (Wildman–Crippen MR) is 64.5 cm³/mol. The van der Waals surface area contributed by atoms with Gasteiger partial charge in [0.25, 0.3) is 0 Å². The SMILES string of the molecule is Cc1ccccc1[C@@H]1C=CC(C#N)=CN1C. The number of aryl methyl sites for hydroxylation is 1. The summed E-state index contributed by atoms with van der Waals surface area (Å²) in [6, 6.07) is 10.7. The first-order chi connectivity index (χ1) is 7.72. The molecule has 0 amide bonds. The average Bonchev–Trinajstić information content (AvgIpc) is 2.30. The third-order valence-electron chi connectivity index (χ3n) is 2.88. The highest BCUT2D eigenvalue weighted by Crippen LogP contribution is 2.27. The van der Waals surface area contributed by atoms with E-state index in [1.165, 1.54) is 11.1 Å². The molecule has 0 aromatic heterocycles. The Bertz CT molecular complexity index is 492. The molecule has 0 bridgehead atoms. The van der Waals surface area contributed by atoms with Crippen molar-refractivity contribution in [1.82, 2.24) is 4.90 Å². The maximum Gasteiger partial charge on any atom is 0.101 e. The van der Waals surface area contributed by atoms with Crippen LogP contribution in [-0.2, 0) is 0 Å². The van der Waals surface area contributed by atoms with E-state index in [1.807, 2.05) is 31.5 Å². The van der Waals surface area contributed by atoms with Crippen molar-refractivity contribution < 1.29 is 0 Å². The standard InChI is InChI=1S/C14H14N2/c1-11-5-3-4-6-13(11)14-8-7-12(9-15)10-16(14)2/h3-8,10,14H,1-2H3/t14-/m0/s1. The molecule has 1 heterocycles. The van der Waals surface area contributed by atoms with Crippen molar-refractivity contribution in [3.8, 4) is 6.07 Å². The minimum absolute atomic E-state index is 0.235. The normalized spacial score (nSPS) is 19.2. The number of allylic oxidation sites excluding steroid dienone is 2. The largest absolute Gasteiger partial charge is 0.369 e. The average molecular weight is 210 g/mol. The summed E-state index contributed by atoms with van der Waals surface area (Å²) in [6.45, 7) is 2.11. The first kappa shape index (κ1) is 10.5. The van der Waals surface area contributed by atoms with Gasteiger partial charge >= 0.3 is 0 Å². The lowest BCUT2D eigenvalue weighted by molar-refractivity contribution is 0.386. The molecule has 0 saturated carbocycles. The summed E-state index contributed by atoms with van der Waals surface area (Å²) < 4.78 is 0. The number of rotatable bonds is 1. The molecule has 1 aromatic rings. The van der Waals surface area contributed by atoms with Gasteiger partial charge in [0.15, 0.2) is 0 Å². The Morgan fingerprint density at radius 3 is 2.69 bits per heavy atom. The van der Waals surface area contributed by atoms with Crippen LogP contribution in [0.3, 0.4) is 0 Å². The first-order valence-electron chi connectivity index (χ1n) is 5.30. The lowest BCUT2D eigenvalue weighted by Crippen LogP contribution is -2.20. The van der Waals surface area contributed by atoms with Gasteiger partial charge in [-0.05, 0) is 24.1 Å². The van der Waals surface area contributed by atoms with E-state index in [0.717, 1.165) is 0 Å². The fourth-order valence-electron chi connectivity index (χ4n) is 1.98. The molecule has 2 heteroatoms. The molecular weight excluding hydrogens is 196 g/mol. The van der Waals surface area contributed by atoms with Crippen molar-refractivity contribution in [2.75, 3.05) is 7.05 Å². The Balaban J connectivity index is 2.33. The third kappa shape index (κ3) is 1.85. The van der Waals surface area contributed by atoms with Crippen LogP contribution in [-0.4, -0.2) is 11.9 Å². The Morgan fingerprint density at radius 2 is 2.06 bits per heavy atom. The summed E-state index contributed by atoms with van der Waals surface area (Å²) in [4.78, 5) is 2.07. The summed E-state index contributed by atoms with van der Waals surface area (Å²) >= 11 is 0. The van der Waals surface area contributed by atoms with Crippen molar-refractivity contribution >= 4 is 0 Å². The lowest BCUT2D eigenvalue weighted by atomic mass is 9.97. The van der Waals surface area contributed by atoms with Crippen LogP contribution in [0.4, 0.5) is 0 Å². The molecule has 0 fully saturated rings. The summed E-state index contributed by atoms with van der Waals surface area (Å²) in [5.41, 5.74) is 3.26. The maximum atomic E-state index is 8.82. The summed E-state index contributed by atoms with van der Waals surface area (Å²) in [6.07, 6.45) is 5.84. The molecule has 0 spiro atoms. The van der Waals surface area contributed by atoms with Gasteiger partial charge in [-0.1, -0.05) is 30.3 Å². The molecule has 0 radical (unpaired) electrons. The predicted octanol–water partition coefficient (Wildman–Crippen LogP) is 2.95. The zero-order valence-corrected chi connectivity index (χ0v) is 9.51. The van der Waals surface area contributed by atoms with E-state index in [-0.39, 0.29) is 6.04 Å². The molecular formula is C14H14N2. The van der Waals surface area contributed by atoms with Gasteiger partial charge in [-0.15, -0.1) is 0 Å². The Kier molecular flexibility index (Phi) is 2.78. The van der Waals surface area contributed by atoms with E-state index in [9.17, 15) is 0 Å². The minimum atomic E-state index is 0.235. The number of benzene rings is 1. The van der Waals surface area contributed by atoms with E-state index in [4.69, 9.17) is 5.26 Å². The summed E-state index contributed by atoms with van der Waals surface area (Å²) in [5.74, 6) is 0. The molecule has 2 rings (SSSR count). The molecule has 0 saturated heterocycles. The van der Waals surface area contributed by atoms with Gasteiger partial charge in [-0.2, -0.15) is 5.26 Å². The quantitative estimate of drug-likeness (QED) is 0.712. The Labute approximate surface area is 96.1 Å². The molecule has 1 atom stereocenters. The number of hydrogen-bond donors (Lipinski definition) is 0. The van der Waals surface area contributed by atoms with Crippen LogP contribution >= 0.6 is 0 Å². The highest BCUT2D eigenvalue weighted by atomic mass is 15.1. The second-order valence-electron chi connectivity index (χ2n) is 4.02. The maximum absolute atomic E-state index is 8.82. The monoisotopic (exact) mass is 210 g/mol. The molecule has 0 N–H and O–H groups in total. The highest BCUT2D eigenvalue weighted by Gasteiger charge is 2.16. The van der Waals surface area contributed by atoms with Gasteiger partial charge < -0.3 is 4.90 Å². The second-order valence-corrected chi connectivity index (χ2v) is 4.02. The van der Waals surface area contributed by atoms with Crippen molar-refractivity contribution in [3.63, 3.8) is 0 Å². The third-order valence-corrected chi connectivity index (χ3v) is 2.88. The Morgan fingerprint density at radius 1 is 1.31 bits per heavy atom. The minimum Gasteiger partial charge on any atom is -0.369 e. The van der Waals surface area contributed by atoms with E-state index in [0.29, 0.717) is 5.57 Å². The molecule has 2 nitrogen and oxygen atoms in total. The van der Waals surface area contributed by atoms with Gasteiger partial charge in [0.2, 0.25) is 0 Å². The van der Waals surface area contributed by atoms with Crippen LogP contribution in [0, 0.1) is 18.3 Å². The van der Waals surface area contributed by atoms with E-state index in [1.54, 1.807) is 0 Å². The van der Waals surface area contributed by atoms with E-state index >= 15 is 0 Å². The topological polar surface area (TPSA) is 27.0 Å². The molecule has 16 heavy (non-hydrogen) atoms. The molecule has 80 valence electrons. The molecule has 1 aliphatic heterocycles. The zero-order chi connectivity index (χ0) is 11.5. The number of nitrogens with zero attached hydrogens (tertiary/aromatic N) is 2. The zero-order valence-electron chi connectivity index (χ0n) is 9.51. The fraction of sp³-hybridized carbons (Fsp3) is 0.214.